The summed E-state index contributed by atoms with van der Waals surface area (Å²) in [4.78, 5) is 12.4. The first kappa shape index (κ1) is 23.9. The average molecular weight is 483 g/mol. The van der Waals surface area contributed by atoms with Gasteiger partial charge < -0.3 is 9.47 Å². The molecule has 32 heavy (non-hydrogen) atoms. The van der Waals surface area contributed by atoms with Crippen LogP contribution < -0.4 is 18.5 Å². The number of carbonyl (C=O) groups excluding carboxylic acids is 1. The van der Waals surface area contributed by atoms with Crippen molar-refractivity contribution in [1.29, 1.82) is 0 Å². The van der Waals surface area contributed by atoms with Crippen molar-refractivity contribution in [1.82, 2.24) is 0 Å². The van der Waals surface area contributed by atoms with Crippen LogP contribution in [0.1, 0.15) is 27.7 Å². The van der Waals surface area contributed by atoms with Gasteiger partial charge in [0.1, 0.15) is 16.4 Å². The number of anilines is 2. The quantitative estimate of drug-likeness (QED) is 0.644. The molecular weight excluding hydrogens is 456 g/mol. The first-order valence-corrected chi connectivity index (χ1v) is 12.9. The number of nitrogens with one attached hydrogen (secondary N) is 1. The molecule has 1 amide bonds. The molecule has 0 saturated carbocycles. The van der Waals surface area contributed by atoms with Crippen LogP contribution in [0.4, 0.5) is 11.4 Å². The lowest BCUT2D eigenvalue weighted by Crippen LogP contribution is -2.33. The van der Waals surface area contributed by atoms with E-state index >= 15 is 0 Å². The molecule has 2 aromatic rings. The van der Waals surface area contributed by atoms with Gasteiger partial charge in [0.25, 0.3) is 10.0 Å². The molecule has 3 rings (SSSR count). The lowest BCUT2D eigenvalue weighted by Gasteiger charge is -2.19. The Hall–Kier alpha value is -2.79. The maximum Gasteiger partial charge on any atom is 0.265 e. The fraction of sp³-hybridized carbons (Fsp3) is 0.381. The van der Waals surface area contributed by atoms with E-state index in [1.54, 1.807) is 24.3 Å². The van der Waals surface area contributed by atoms with Gasteiger partial charge >= 0.3 is 0 Å². The number of benzene rings is 2. The number of carbonyl (C=O) groups is 1. The molecule has 174 valence electrons. The summed E-state index contributed by atoms with van der Waals surface area (Å²) in [7, 11) is -6.82. The number of methoxy groups -OCH3 is 1. The molecule has 1 aliphatic rings. The van der Waals surface area contributed by atoms with E-state index in [-0.39, 0.29) is 33.9 Å². The van der Waals surface area contributed by atoms with Crippen molar-refractivity contribution in [3.63, 3.8) is 0 Å². The van der Waals surface area contributed by atoms with E-state index in [9.17, 15) is 21.6 Å². The Morgan fingerprint density at radius 1 is 1.09 bits per heavy atom. The van der Waals surface area contributed by atoms with E-state index in [0.29, 0.717) is 10.1 Å². The minimum atomic E-state index is -4.18. The Bertz CT molecular complexity index is 1240. The van der Waals surface area contributed by atoms with Crippen LogP contribution in [0.25, 0.3) is 0 Å². The predicted molar refractivity (Wildman–Crippen MR) is 121 cm³/mol. The number of sulfonamides is 2. The number of ether oxygens (including phenoxy) is 2. The third-order valence-corrected chi connectivity index (χ3v) is 8.16. The van der Waals surface area contributed by atoms with Gasteiger partial charge in [0, 0.05) is 5.69 Å². The van der Waals surface area contributed by atoms with Gasteiger partial charge in [-0.05, 0) is 70.2 Å². The average Bonchev–Trinajstić information content (AvgIpc) is 2.84. The number of hydrogen-bond donors (Lipinski definition) is 1. The highest BCUT2D eigenvalue weighted by molar-refractivity contribution is 7.94. The van der Waals surface area contributed by atoms with Crippen LogP contribution in [0.3, 0.4) is 0 Å². The Morgan fingerprint density at radius 2 is 1.72 bits per heavy atom. The smallest absolute Gasteiger partial charge is 0.265 e. The zero-order chi connectivity index (χ0) is 23.9. The molecule has 0 atom stereocenters. The molecule has 1 saturated heterocycles. The number of hydrogen-bond acceptors (Lipinski definition) is 7. The minimum absolute atomic E-state index is 0.00400. The summed E-state index contributed by atoms with van der Waals surface area (Å²) in [5, 5.41) is 0. The molecule has 1 N–H and O–H groups in total. The Morgan fingerprint density at radius 3 is 2.22 bits per heavy atom. The molecule has 0 aromatic heterocycles. The summed E-state index contributed by atoms with van der Waals surface area (Å²) in [5.74, 6) is -0.400. The SMILES string of the molecule is COc1ccc(N2C(=O)C(C)(C)CS2(=O)=O)cc1S(=O)(=O)Nc1ccc(OC(C)C)cc1. The molecule has 9 nitrogen and oxygen atoms in total. The van der Waals surface area contributed by atoms with Crippen LogP contribution in [-0.4, -0.2) is 41.7 Å². The lowest BCUT2D eigenvalue weighted by atomic mass is 9.95. The van der Waals surface area contributed by atoms with Gasteiger partial charge in [-0.1, -0.05) is 0 Å². The lowest BCUT2D eigenvalue weighted by molar-refractivity contribution is -0.123. The summed E-state index contributed by atoms with van der Waals surface area (Å²) in [6.07, 6.45) is -0.0286. The van der Waals surface area contributed by atoms with Crippen LogP contribution in [0, 0.1) is 5.41 Å². The standard InChI is InChI=1S/C21H26N2O7S2/c1-14(2)30-17-9-6-15(7-10-17)22-32(27,28)19-12-16(8-11-18(19)29-5)23-20(24)21(3,4)13-31(23,25)26/h6-12,14,22H,13H2,1-5H3. The molecule has 0 radical (unpaired) electrons. The van der Waals surface area contributed by atoms with E-state index in [4.69, 9.17) is 9.47 Å². The first-order chi connectivity index (χ1) is 14.8. The summed E-state index contributed by atoms with van der Waals surface area (Å²) < 4.78 is 65.2. The zero-order valence-electron chi connectivity index (χ0n) is 18.4. The molecule has 0 aliphatic carbocycles. The van der Waals surface area contributed by atoms with Crippen molar-refractivity contribution in [3.05, 3.63) is 42.5 Å². The molecule has 1 heterocycles. The second-order valence-electron chi connectivity index (χ2n) is 8.34. The van der Waals surface area contributed by atoms with Crippen molar-refractivity contribution in [2.24, 2.45) is 5.41 Å². The predicted octanol–water partition coefficient (Wildman–Crippen LogP) is 2.99. The van der Waals surface area contributed by atoms with Crippen molar-refractivity contribution < 1.29 is 31.1 Å². The fourth-order valence-corrected chi connectivity index (χ4v) is 6.69. The molecule has 0 unspecified atom stereocenters. The van der Waals surface area contributed by atoms with E-state index in [1.165, 1.54) is 33.1 Å². The van der Waals surface area contributed by atoms with Crippen LogP contribution in [0.5, 0.6) is 11.5 Å². The van der Waals surface area contributed by atoms with Crippen molar-refractivity contribution in [3.8, 4) is 11.5 Å². The second kappa shape index (κ2) is 8.28. The van der Waals surface area contributed by atoms with E-state index in [0.717, 1.165) is 6.07 Å². The molecule has 1 aliphatic heterocycles. The van der Waals surface area contributed by atoms with Gasteiger partial charge in [-0.2, -0.15) is 0 Å². The Kier molecular flexibility index (Phi) is 6.18. The van der Waals surface area contributed by atoms with Crippen molar-refractivity contribution in [2.45, 2.75) is 38.7 Å². The van der Waals surface area contributed by atoms with E-state index in [2.05, 4.69) is 4.72 Å². The molecular formula is C21H26N2O7S2. The van der Waals surface area contributed by atoms with E-state index < -0.39 is 31.4 Å². The minimum Gasteiger partial charge on any atom is -0.495 e. The second-order valence-corrected chi connectivity index (χ2v) is 11.8. The maximum absolute atomic E-state index is 13.1. The third kappa shape index (κ3) is 4.68. The van der Waals surface area contributed by atoms with Gasteiger partial charge in [0.2, 0.25) is 15.9 Å². The molecule has 2 aromatic carbocycles. The highest BCUT2D eigenvalue weighted by Gasteiger charge is 2.50. The first-order valence-electron chi connectivity index (χ1n) is 9.82. The molecule has 0 spiro atoms. The number of amides is 1. The molecule has 1 fully saturated rings. The van der Waals surface area contributed by atoms with Crippen LogP contribution in [-0.2, 0) is 24.8 Å². The largest absolute Gasteiger partial charge is 0.495 e. The Balaban J connectivity index is 1.99. The summed E-state index contributed by atoms with van der Waals surface area (Å²) in [6.45, 7) is 6.81. The van der Waals surface area contributed by atoms with Gasteiger partial charge in [-0.3, -0.25) is 9.52 Å². The molecule has 11 heteroatoms. The van der Waals surface area contributed by atoms with Gasteiger partial charge in [-0.25, -0.2) is 21.1 Å². The zero-order valence-corrected chi connectivity index (χ0v) is 20.1. The van der Waals surface area contributed by atoms with Gasteiger partial charge in [0.15, 0.2) is 0 Å². The topological polar surface area (TPSA) is 119 Å². The highest BCUT2D eigenvalue weighted by atomic mass is 32.2. The van der Waals surface area contributed by atoms with E-state index in [1.807, 2.05) is 13.8 Å². The Labute approximate surface area is 188 Å². The monoisotopic (exact) mass is 482 g/mol. The van der Waals surface area contributed by atoms with Gasteiger partial charge in [0.05, 0.1) is 30.1 Å². The molecule has 0 bridgehead atoms. The highest BCUT2D eigenvalue weighted by Crippen LogP contribution is 2.38. The fourth-order valence-electron chi connectivity index (χ4n) is 3.35. The van der Waals surface area contributed by atoms with Gasteiger partial charge in [-0.15, -0.1) is 0 Å². The van der Waals surface area contributed by atoms with Crippen molar-refractivity contribution >= 4 is 37.3 Å². The summed E-state index contributed by atoms with van der Waals surface area (Å²) in [5.41, 5.74) is -0.905. The van der Waals surface area contributed by atoms with Crippen LogP contribution >= 0.6 is 0 Å². The summed E-state index contributed by atoms with van der Waals surface area (Å²) in [6, 6.07) is 10.1. The number of nitrogens with zero attached hydrogens (tertiary/aromatic N) is 1. The number of rotatable bonds is 7. The van der Waals surface area contributed by atoms with Crippen LogP contribution in [0.15, 0.2) is 47.4 Å². The van der Waals surface area contributed by atoms with Crippen LogP contribution in [0.2, 0.25) is 0 Å². The normalized spacial score (nSPS) is 17.4. The maximum atomic E-state index is 13.1. The van der Waals surface area contributed by atoms with Crippen molar-refractivity contribution in [2.75, 3.05) is 21.9 Å². The third-order valence-electron chi connectivity index (χ3n) is 4.73. The summed E-state index contributed by atoms with van der Waals surface area (Å²) >= 11 is 0.